The lowest BCUT2D eigenvalue weighted by atomic mass is 10.2. The number of hydrogen-bond donors (Lipinski definition) is 1. The number of rotatable bonds is 1. The molecule has 1 N–H and O–H groups in total. The lowest BCUT2D eigenvalue weighted by molar-refractivity contribution is 0.475. The summed E-state index contributed by atoms with van der Waals surface area (Å²) in [7, 11) is 0. The summed E-state index contributed by atoms with van der Waals surface area (Å²) in [6.45, 7) is 3.58. The molecule has 1 rings (SSSR count). The Morgan fingerprint density at radius 3 is 2.10 bits per heavy atom. The molecule has 0 aliphatic rings. The number of phenols is 1. The summed E-state index contributed by atoms with van der Waals surface area (Å²) < 4.78 is 0. The Labute approximate surface area is 70.8 Å². The van der Waals surface area contributed by atoms with Gasteiger partial charge in [0.25, 0.3) is 0 Å². The van der Waals surface area contributed by atoms with Gasteiger partial charge >= 0.3 is 0 Å². The second kappa shape index (κ2) is 4.12. The van der Waals surface area contributed by atoms with Gasteiger partial charge in [-0.25, -0.2) is 0 Å². The maximum atomic E-state index is 8.82. The molecule has 54 valence electrons. The first-order valence-electron chi connectivity index (χ1n) is 2.74. The smallest absolute Gasteiger partial charge is 0.115 e. The molecule has 0 aromatic heterocycles. The SMILES string of the molecule is Br.C=Cc1ccc(O)cc1. The Morgan fingerprint density at radius 1 is 1.20 bits per heavy atom. The van der Waals surface area contributed by atoms with Crippen LogP contribution in [0, 0.1) is 0 Å². The Kier molecular flexibility index (Phi) is 3.81. The molecule has 1 nitrogen and oxygen atoms in total. The summed E-state index contributed by atoms with van der Waals surface area (Å²) in [5, 5.41) is 8.82. The zero-order valence-corrected chi connectivity index (χ0v) is 7.16. The van der Waals surface area contributed by atoms with E-state index in [4.69, 9.17) is 5.11 Å². The van der Waals surface area contributed by atoms with Gasteiger partial charge in [0.2, 0.25) is 0 Å². The number of aromatic hydroxyl groups is 1. The predicted octanol–water partition coefficient (Wildman–Crippen LogP) is 2.61. The lowest BCUT2D eigenvalue weighted by Gasteiger charge is -1.90. The van der Waals surface area contributed by atoms with E-state index in [1.807, 2.05) is 12.1 Å². The molecule has 0 amide bonds. The quantitative estimate of drug-likeness (QED) is 0.740. The second-order valence-electron chi connectivity index (χ2n) is 1.80. The monoisotopic (exact) mass is 200 g/mol. The van der Waals surface area contributed by atoms with Gasteiger partial charge in [0.05, 0.1) is 0 Å². The number of phenolic OH excluding ortho intramolecular Hbond substituents is 1. The average Bonchev–Trinajstić information content (AvgIpc) is 1.90. The molecular weight excluding hydrogens is 192 g/mol. The van der Waals surface area contributed by atoms with Crippen molar-refractivity contribution < 1.29 is 5.11 Å². The van der Waals surface area contributed by atoms with Crippen molar-refractivity contribution in [1.29, 1.82) is 0 Å². The maximum absolute atomic E-state index is 8.82. The molecule has 0 radical (unpaired) electrons. The van der Waals surface area contributed by atoms with E-state index in [0.29, 0.717) is 5.75 Å². The van der Waals surface area contributed by atoms with Crippen molar-refractivity contribution in [1.82, 2.24) is 0 Å². The van der Waals surface area contributed by atoms with Crippen LogP contribution in [0.5, 0.6) is 5.75 Å². The standard InChI is InChI=1S/C8H8O.BrH/c1-2-7-3-5-8(9)6-4-7;/h2-6,9H,1H2;1H. The number of benzene rings is 1. The Hall–Kier alpha value is -0.760. The van der Waals surface area contributed by atoms with E-state index >= 15 is 0 Å². The van der Waals surface area contributed by atoms with Crippen LogP contribution in [0.25, 0.3) is 6.08 Å². The van der Waals surface area contributed by atoms with Crippen LogP contribution >= 0.6 is 17.0 Å². The summed E-state index contributed by atoms with van der Waals surface area (Å²) in [5.41, 5.74) is 1.02. The van der Waals surface area contributed by atoms with Gasteiger partial charge in [-0.3, -0.25) is 0 Å². The van der Waals surface area contributed by atoms with Crippen LogP contribution in [-0.2, 0) is 0 Å². The Morgan fingerprint density at radius 2 is 1.70 bits per heavy atom. The van der Waals surface area contributed by atoms with Crippen molar-refractivity contribution in [2.45, 2.75) is 0 Å². The third kappa shape index (κ3) is 2.23. The first-order valence-corrected chi connectivity index (χ1v) is 2.74. The third-order valence-electron chi connectivity index (χ3n) is 1.13. The molecule has 0 unspecified atom stereocenters. The van der Waals surface area contributed by atoms with E-state index in [2.05, 4.69) is 6.58 Å². The molecule has 10 heavy (non-hydrogen) atoms. The average molecular weight is 201 g/mol. The van der Waals surface area contributed by atoms with Crippen LogP contribution in [0.4, 0.5) is 0 Å². The molecule has 0 heterocycles. The molecule has 0 saturated carbocycles. The summed E-state index contributed by atoms with van der Waals surface area (Å²) in [6.07, 6.45) is 1.74. The molecule has 0 fully saturated rings. The summed E-state index contributed by atoms with van der Waals surface area (Å²) >= 11 is 0. The normalized spacial score (nSPS) is 8.00. The van der Waals surface area contributed by atoms with Gasteiger partial charge in [0.15, 0.2) is 0 Å². The zero-order valence-electron chi connectivity index (χ0n) is 5.45. The van der Waals surface area contributed by atoms with Crippen LogP contribution in [0.15, 0.2) is 30.8 Å². The van der Waals surface area contributed by atoms with Gasteiger partial charge in [-0.05, 0) is 17.7 Å². The van der Waals surface area contributed by atoms with E-state index in [1.165, 1.54) is 0 Å². The van der Waals surface area contributed by atoms with E-state index in [0.717, 1.165) is 5.56 Å². The highest BCUT2D eigenvalue weighted by Crippen LogP contribution is 2.09. The first-order chi connectivity index (χ1) is 4.33. The minimum Gasteiger partial charge on any atom is -0.508 e. The van der Waals surface area contributed by atoms with Gasteiger partial charge in [-0.2, -0.15) is 0 Å². The van der Waals surface area contributed by atoms with Gasteiger partial charge in [0, 0.05) is 0 Å². The Balaban J connectivity index is 0.000000810. The third-order valence-corrected chi connectivity index (χ3v) is 1.13. The fraction of sp³-hybridized carbons (Fsp3) is 0. The molecule has 1 aromatic rings. The van der Waals surface area contributed by atoms with E-state index in [-0.39, 0.29) is 17.0 Å². The van der Waals surface area contributed by atoms with Crippen molar-refractivity contribution in [3.05, 3.63) is 36.4 Å². The van der Waals surface area contributed by atoms with Crippen molar-refractivity contribution >= 4 is 23.1 Å². The van der Waals surface area contributed by atoms with Crippen molar-refractivity contribution in [3.8, 4) is 5.75 Å². The summed E-state index contributed by atoms with van der Waals surface area (Å²) in [6, 6.07) is 6.89. The van der Waals surface area contributed by atoms with Crippen molar-refractivity contribution in [2.24, 2.45) is 0 Å². The van der Waals surface area contributed by atoms with Crippen molar-refractivity contribution in [2.75, 3.05) is 0 Å². The van der Waals surface area contributed by atoms with Gasteiger partial charge in [0.1, 0.15) is 5.75 Å². The molecule has 0 aliphatic heterocycles. The maximum Gasteiger partial charge on any atom is 0.115 e. The van der Waals surface area contributed by atoms with Gasteiger partial charge < -0.3 is 5.11 Å². The van der Waals surface area contributed by atoms with E-state index < -0.39 is 0 Å². The largest absolute Gasteiger partial charge is 0.508 e. The van der Waals surface area contributed by atoms with Crippen LogP contribution in [0.2, 0.25) is 0 Å². The van der Waals surface area contributed by atoms with E-state index in [9.17, 15) is 0 Å². The lowest BCUT2D eigenvalue weighted by Crippen LogP contribution is -1.67. The van der Waals surface area contributed by atoms with Gasteiger partial charge in [-0.1, -0.05) is 24.8 Å². The first kappa shape index (κ1) is 9.24. The van der Waals surface area contributed by atoms with Crippen LogP contribution < -0.4 is 0 Å². The van der Waals surface area contributed by atoms with E-state index in [1.54, 1.807) is 18.2 Å². The molecule has 0 aliphatic carbocycles. The molecular formula is C8H9BrO. The topological polar surface area (TPSA) is 20.2 Å². The van der Waals surface area contributed by atoms with Crippen LogP contribution in [0.1, 0.15) is 5.56 Å². The molecule has 0 atom stereocenters. The minimum atomic E-state index is 0. The van der Waals surface area contributed by atoms with Crippen LogP contribution in [-0.4, -0.2) is 5.11 Å². The summed E-state index contributed by atoms with van der Waals surface area (Å²) in [5.74, 6) is 0.292. The van der Waals surface area contributed by atoms with Crippen molar-refractivity contribution in [3.63, 3.8) is 0 Å². The minimum absolute atomic E-state index is 0. The van der Waals surface area contributed by atoms with Crippen LogP contribution in [0.3, 0.4) is 0 Å². The fourth-order valence-electron chi connectivity index (χ4n) is 0.610. The summed E-state index contributed by atoms with van der Waals surface area (Å²) in [4.78, 5) is 0. The fourth-order valence-corrected chi connectivity index (χ4v) is 0.610. The molecule has 0 saturated heterocycles. The second-order valence-corrected chi connectivity index (χ2v) is 1.80. The number of hydrogen-bond acceptors (Lipinski definition) is 1. The predicted molar refractivity (Wildman–Crippen MR) is 48.5 cm³/mol. The molecule has 0 spiro atoms. The number of halogens is 1. The highest BCUT2D eigenvalue weighted by atomic mass is 79.9. The molecule has 0 bridgehead atoms. The zero-order chi connectivity index (χ0) is 6.69. The molecule has 1 aromatic carbocycles. The molecule has 2 heteroatoms. The highest BCUT2D eigenvalue weighted by molar-refractivity contribution is 8.93. The highest BCUT2D eigenvalue weighted by Gasteiger charge is 1.84. The van der Waals surface area contributed by atoms with Gasteiger partial charge in [-0.15, -0.1) is 17.0 Å². The Bertz CT molecular complexity index is 203.